The molecule has 112 valence electrons. The molecule has 1 aromatic heterocycles. The van der Waals surface area contributed by atoms with Crippen LogP contribution in [0.15, 0.2) is 12.4 Å². The minimum Gasteiger partial charge on any atom is -0.369 e. The van der Waals surface area contributed by atoms with Gasteiger partial charge in [0.2, 0.25) is 0 Å². The second-order valence-electron chi connectivity index (χ2n) is 4.91. The maximum atomic E-state index is 12.4. The number of hydrogen-bond acceptors (Lipinski definition) is 5. The quantitative estimate of drug-likeness (QED) is 0.777. The van der Waals surface area contributed by atoms with Crippen LogP contribution in [0.3, 0.4) is 0 Å². The summed E-state index contributed by atoms with van der Waals surface area (Å²) < 4.78 is 0. The van der Waals surface area contributed by atoms with Crippen LogP contribution in [0, 0.1) is 0 Å². The summed E-state index contributed by atoms with van der Waals surface area (Å²) in [6, 6.07) is 0. The monoisotopic (exact) mass is 279 g/mol. The molecule has 0 aromatic carbocycles. The number of hydrogen-bond donors (Lipinski definition) is 1. The van der Waals surface area contributed by atoms with Gasteiger partial charge in [0, 0.05) is 26.2 Å². The SMILES string of the molecule is CCCN(CCN(C)C)C(=O)c1cnc(NCC)cn1. The second kappa shape index (κ2) is 8.47. The molecule has 1 heterocycles. The summed E-state index contributed by atoms with van der Waals surface area (Å²) in [6.45, 7) is 7.13. The third-order valence-corrected chi connectivity index (χ3v) is 2.83. The summed E-state index contributed by atoms with van der Waals surface area (Å²) in [6.07, 6.45) is 4.08. The second-order valence-corrected chi connectivity index (χ2v) is 4.91. The van der Waals surface area contributed by atoms with E-state index in [0.29, 0.717) is 18.1 Å². The Balaban J connectivity index is 2.72. The molecular formula is C14H25N5O. The molecule has 0 aliphatic rings. The minimum absolute atomic E-state index is 0.0516. The van der Waals surface area contributed by atoms with E-state index in [2.05, 4.69) is 27.1 Å². The topological polar surface area (TPSA) is 61.4 Å². The van der Waals surface area contributed by atoms with E-state index < -0.39 is 0 Å². The Bertz CT molecular complexity index is 405. The number of amides is 1. The molecule has 0 saturated heterocycles. The van der Waals surface area contributed by atoms with Crippen molar-refractivity contribution in [3.8, 4) is 0 Å². The van der Waals surface area contributed by atoms with Crippen molar-refractivity contribution in [2.45, 2.75) is 20.3 Å². The van der Waals surface area contributed by atoms with Gasteiger partial charge in [-0.15, -0.1) is 0 Å². The molecule has 0 saturated carbocycles. The van der Waals surface area contributed by atoms with Gasteiger partial charge in [0.25, 0.3) is 5.91 Å². The third-order valence-electron chi connectivity index (χ3n) is 2.83. The lowest BCUT2D eigenvalue weighted by Crippen LogP contribution is -2.37. The molecule has 0 fully saturated rings. The zero-order valence-corrected chi connectivity index (χ0v) is 12.9. The van der Waals surface area contributed by atoms with Crippen LogP contribution >= 0.6 is 0 Å². The summed E-state index contributed by atoms with van der Waals surface area (Å²) in [5.74, 6) is 0.642. The van der Waals surface area contributed by atoms with E-state index in [1.54, 1.807) is 12.4 Å². The average Bonchev–Trinajstić information content (AvgIpc) is 2.44. The van der Waals surface area contributed by atoms with Crippen LogP contribution in [0.5, 0.6) is 0 Å². The summed E-state index contributed by atoms with van der Waals surface area (Å²) in [7, 11) is 4.00. The van der Waals surface area contributed by atoms with Gasteiger partial charge in [0.1, 0.15) is 11.5 Å². The molecule has 0 unspecified atom stereocenters. The van der Waals surface area contributed by atoms with Crippen LogP contribution in [-0.4, -0.2) is 65.9 Å². The van der Waals surface area contributed by atoms with Crippen molar-refractivity contribution >= 4 is 11.7 Å². The van der Waals surface area contributed by atoms with Gasteiger partial charge >= 0.3 is 0 Å². The molecule has 20 heavy (non-hydrogen) atoms. The van der Waals surface area contributed by atoms with E-state index in [0.717, 1.165) is 26.1 Å². The van der Waals surface area contributed by atoms with Crippen LogP contribution in [-0.2, 0) is 0 Å². The number of aromatic nitrogens is 2. The summed E-state index contributed by atoms with van der Waals surface area (Å²) in [5, 5.41) is 3.06. The molecule has 6 heteroatoms. The van der Waals surface area contributed by atoms with Crippen molar-refractivity contribution < 1.29 is 4.79 Å². The maximum Gasteiger partial charge on any atom is 0.274 e. The zero-order chi connectivity index (χ0) is 15.0. The van der Waals surface area contributed by atoms with Gasteiger partial charge in [-0.1, -0.05) is 6.92 Å². The number of carbonyl (C=O) groups is 1. The molecule has 1 rings (SSSR count). The van der Waals surface area contributed by atoms with E-state index in [9.17, 15) is 4.79 Å². The van der Waals surface area contributed by atoms with Crippen LogP contribution in [0.1, 0.15) is 30.8 Å². The molecule has 0 aliphatic heterocycles. The highest BCUT2D eigenvalue weighted by molar-refractivity contribution is 5.92. The first kappa shape index (κ1) is 16.4. The fourth-order valence-corrected chi connectivity index (χ4v) is 1.78. The lowest BCUT2D eigenvalue weighted by molar-refractivity contribution is 0.0738. The first-order chi connectivity index (χ1) is 9.58. The fourth-order valence-electron chi connectivity index (χ4n) is 1.78. The molecular weight excluding hydrogens is 254 g/mol. The largest absolute Gasteiger partial charge is 0.369 e. The number of likely N-dealkylation sites (N-methyl/N-ethyl adjacent to an activating group) is 1. The number of nitrogens with zero attached hydrogens (tertiary/aromatic N) is 4. The van der Waals surface area contributed by atoms with Crippen molar-refractivity contribution in [1.82, 2.24) is 19.8 Å². The van der Waals surface area contributed by atoms with Crippen molar-refractivity contribution in [3.05, 3.63) is 18.1 Å². The van der Waals surface area contributed by atoms with E-state index in [-0.39, 0.29) is 5.91 Å². The van der Waals surface area contributed by atoms with Gasteiger partial charge in [-0.3, -0.25) is 4.79 Å². The zero-order valence-electron chi connectivity index (χ0n) is 12.9. The smallest absolute Gasteiger partial charge is 0.274 e. The van der Waals surface area contributed by atoms with Crippen molar-refractivity contribution in [3.63, 3.8) is 0 Å². The van der Waals surface area contributed by atoms with Gasteiger partial charge in [-0.25, -0.2) is 9.97 Å². The molecule has 1 amide bonds. The Morgan fingerprint density at radius 3 is 2.40 bits per heavy atom. The van der Waals surface area contributed by atoms with E-state index in [1.807, 2.05) is 25.9 Å². The van der Waals surface area contributed by atoms with Crippen LogP contribution < -0.4 is 5.32 Å². The molecule has 0 atom stereocenters. The fraction of sp³-hybridized carbons (Fsp3) is 0.643. The first-order valence-corrected chi connectivity index (χ1v) is 7.08. The highest BCUT2D eigenvalue weighted by Gasteiger charge is 2.16. The lowest BCUT2D eigenvalue weighted by atomic mass is 10.3. The highest BCUT2D eigenvalue weighted by atomic mass is 16.2. The van der Waals surface area contributed by atoms with Crippen molar-refractivity contribution in [2.24, 2.45) is 0 Å². The summed E-state index contributed by atoms with van der Waals surface area (Å²) >= 11 is 0. The van der Waals surface area contributed by atoms with Gasteiger partial charge in [0.05, 0.1) is 12.4 Å². The van der Waals surface area contributed by atoms with Crippen LogP contribution in [0.4, 0.5) is 5.82 Å². The Morgan fingerprint density at radius 2 is 1.90 bits per heavy atom. The highest BCUT2D eigenvalue weighted by Crippen LogP contribution is 2.05. The first-order valence-electron chi connectivity index (χ1n) is 7.08. The third kappa shape index (κ3) is 5.13. The van der Waals surface area contributed by atoms with Crippen LogP contribution in [0.25, 0.3) is 0 Å². The molecule has 1 N–H and O–H groups in total. The maximum absolute atomic E-state index is 12.4. The number of nitrogens with one attached hydrogen (secondary N) is 1. The molecule has 0 radical (unpaired) electrons. The summed E-state index contributed by atoms with van der Waals surface area (Å²) in [4.78, 5) is 24.7. The Labute approximate surface area is 121 Å². The molecule has 0 bridgehead atoms. The average molecular weight is 279 g/mol. The Hall–Kier alpha value is -1.69. The molecule has 0 aliphatic carbocycles. The predicted octanol–water partition coefficient (Wildman–Crippen LogP) is 1.32. The van der Waals surface area contributed by atoms with Gasteiger partial charge in [-0.2, -0.15) is 0 Å². The standard InChI is InChI=1S/C14H25N5O/c1-5-7-19(9-8-18(3)4)14(20)12-10-17-13(11-16-12)15-6-2/h10-11H,5-9H2,1-4H3,(H,15,17). The molecule has 0 spiro atoms. The number of carbonyl (C=O) groups excluding carboxylic acids is 1. The minimum atomic E-state index is -0.0516. The van der Waals surface area contributed by atoms with E-state index in [4.69, 9.17) is 0 Å². The number of anilines is 1. The van der Waals surface area contributed by atoms with Crippen molar-refractivity contribution in [2.75, 3.05) is 45.6 Å². The summed E-state index contributed by atoms with van der Waals surface area (Å²) in [5.41, 5.74) is 0.402. The predicted molar refractivity (Wildman–Crippen MR) is 80.9 cm³/mol. The lowest BCUT2D eigenvalue weighted by Gasteiger charge is -2.23. The Kier molecular flexibility index (Phi) is 6.93. The van der Waals surface area contributed by atoms with E-state index in [1.165, 1.54) is 0 Å². The van der Waals surface area contributed by atoms with E-state index >= 15 is 0 Å². The number of rotatable bonds is 8. The van der Waals surface area contributed by atoms with Crippen molar-refractivity contribution in [1.29, 1.82) is 0 Å². The van der Waals surface area contributed by atoms with Gasteiger partial charge in [0.15, 0.2) is 0 Å². The van der Waals surface area contributed by atoms with Crippen LogP contribution in [0.2, 0.25) is 0 Å². The van der Waals surface area contributed by atoms with Gasteiger partial charge < -0.3 is 15.1 Å². The normalized spacial score (nSPS) is 10.7. The molecule has 6 nitrogen and oxygen atoms in total. The van der Waals surface area contributed by atoms with Gasteiger partial charge in [-0.05, 0) is 27.4 Å². The molecule has 1 aromatic rings. The Morgan fingerprint density at radius 1 is 1.15 bits per heavy atom.